The van der Waals surface area contributed by atoms with Crippen LogP contribution in [0.2, 0.25) is 13.1 Å². The first-order valence-electron chi connectivity index (χ1n) is 2.55. The van der Waals surface area contributed by atoms with Crippen LogP contribution in [0.3, 0.4) is 0 Å². The van der Waals surface area contributed by atoms with Crippen LogP contribution in [0.1, 0.15) is 0 Å². The Balaban J connectivity index is 3.68. The summed E-state index contributed by atoms with van der Waals surface area (Å²) in [6, 6.07) is 0. The summed E-state index contributed by atoms with van der Waals surface area (Å²) in [7, 11) is -1.94. The third kappa shape index (κ3) is 3.72. The fraction of sp³-hybridized carbons (Fsp3) is 0.500. The molecule has 0 aromatic heterocycles. The second kappa shape index (κ2) is 3.24. The maximum atomic E-state index is 9.86. The van der Waals surface area contributed by atoms with Crippen molar-refractivity contribution in [3.63, 3.8) is 0 Å². The van der Waals surface area contributed by atoms with Crippen molar-refractivity contribution in [2.75, 3.05) is 0 Å². The van der Waals surface area contributed by atoms with Gasteiger partial charge < -0.3 is 9.96 Å². The summed E-state index contributed by atoms with van der Waals surface area (Å²) in [6.45, 7) is 3.63. The lowest BCUT2D eigenvalue weighted by Gasteiger charge is -2.17. The molecular weight excluding hydrogens is 136 g/mol. The second-order valence-corrected chi connectivity index (χ2v) is 5.98. The van der Waals surface area contributed by atoms with E-state index in [1.807, 2.05) is 13.1 Å². The van der Waals surface area contributed by atoms with Crippen LogP contribution in [-0.2, 0) is 9.59 Å². The van der Waals surface area contributed by atoms with E-state index in [0.717, 1.165) is 0 Å². The third-order valence-electron chi connectivity index (χ3n) is 0.840. The minimum absolute atomic E-state index is 0.600. The molecule has 0 aromatic carbocycles. The van der Waals surface area contributed by atoms with Crippen molar-refractivity contribution in [2.24, 2.45) is 0 Å². The first-order chi connectivity index (χ1) is 4.12. The number of carbonyl (C=O) groups excluding carboxylic acids is 2. The van der Waals surface area contributed by atoms with Crippen molar-refractivity contribution in [1.29, 1.82) is 0 Å². The van der Waals surface area contributed by atoms with Gasteiger partial charge in [0.1, 0.15) is 0 Å². The van der Waals surface area contributed by atoms with E-state index in [4.69, 9.17) is 0 Å². The zero-order valence-electron chi connectivity index (χ0n) is 5.47. The SMILES string of the molecule is C[Si](C)(NC=O)NC=O. The molecule has 0 aromatic rings. The molecule has 0 fully saturated rings. The topological polar surface area (TPSA) is 58.2 Å². The highest BCUT2D eigenvalue weighted by Crippen LogP contribution is 1.84. The first-order valence-corrected chi connectivity index (χ1v) is 5.55. The van der Waals surface area contributed by atoms with Crippen LogP contribution in [0.25, 0.3) is 0 Å². The van der Waals surface area contributed by atoms with Gasteiger partial charge in [0.15, 0.2) is 0 Å². The molecule has 0 rings (SSSR count). The standard InChI is InChI=1S/C4H10N2O2Si/c1-9(2,5-3-7)6-4-8/h3-4H,1-2H3,(H,5,7)(H,6,8). The first kappa shape index (κ1) is 8.16. The number of rotatable bonds is 4. The zero-order valence-corrected chi connectivity index (χ0v) is 6.47. The number of nitrogens with one attached hydrogen (secondary N) is 2. The summed E-state index contributed by atoms with van der Waals surface area (Å²) in [4.78, 5) is 24.8. The van der Waals surface area contributed by atoms with E-state index in [1.165, 1.54) is 0 Å². The molecular formula is C4H10N2O2Si. The molecule has 2 amide bonds. The minimum atomic E-state index is -1.94. The van der Waals surface area contributed by atoms with Gasteiger partial charge in [-0.1, -0.05) is 0 Å². The Morgan fingerprint density at radius 1 is 1.11 bits per heavy atom. The van der Waals surface area contributed by atoms with Crippen molar-refractivity contribution in [2.45, 2.75) is 13.1 Å². The van der Waals surface area contributed by atoms with Gasteiger partial charge in [-0.15, -0.1) is 0 Å². The van der Waals surface area contributed by atoms with Gasteiger partial charge in [0.25, 0.3) is 8.40 Å². The Morgan fingerprint density at radius 2 is 1.44 bits per heavy atom. The predicted octanol–water partition coefficient (Wildman–Crippen LogP) is -0.820. The average molecular weight is 146 g/mol. The summed E-state index contributed by atoms with van der Waals surface area (Å²) in [5, 5.41) is 0. The number of hydrogen-bond donors (Lipinski definition) is 2. The fourth-order valence-electron chi connectivity index (χ4n) is 0.336. The monoisotopic (exact) mass is 146 g/mol. The third-order valence-corrected chi connectivity index (χ3v) is 2.52. The molecule has 0 bridgehead atoms. The minimum Gasteiger partial charge on any atom is -0.368 e. The van der Waals surface area contributed by atoms with Crippen molar-refractivity contribution >= 4 is 21.2 Å². The number of amides is 2. The normalized spacial score (nSPS) is 10.0. The summed E-state index contributed by atoms with van der Waals surface area (Å²) >= 11 is 0. The highest BCUT2D eigenvalue weighted by atomic mass is 28.3. The summed E-state index contributed by atoms with van der Waals surface area (Å²) in [5.41, 5.74) is 0. The largest absolute Gasteiger partial charge is 0.368 e. The van der Waals surface area contributed by atoms with Crippen molar-refractivity contribution < 1.29 is 9.59 Å². The van der Waals surface area contributed by atoms with Crippen LogP contribution >= 0.6 is 0 Å². The van der Waals surface area contributed by atoms with E-state index in [2.05, 4.69) is 9.96 Å². The molecule has 4 nitrogen and oxygen atoms in total. The van der Waals surface area contributed by atoms with E-state index >= 15 is 0 Å². The lowest BCUT2D eigenvalue weighted by atomic mass is 11.5. The molecule has 9 heavy (non-hydrogen) atoms. The van der Waals surface area contributed by atoms with E-state index in [9.17, 15) is 9.59 Å². The van der Waals surface area contributed by atoms with Gasteiger partial charge in [-0.3, -0.25) is 9.59 Å². The van der Waals surface area contributed by atoms with Crippen LogP contribution in [0, 0.1) is 0 Å². The lowest BCUT2D eigenvalue weighted by Crippen LogP contribution is -2.56. The maximum Gasteiger partial charge on any atom is 0.256 e. The molecule has 0 unspecified atom stereocenters. The molecule has 0 saturated carbocycles. The molecule has 52 valence electrons. The molecule has 0 aliphatic heterocycles. The van der Waals surface area contributed by atoms with Gasteiger partial charge >= 0.3 is 0 Å². The Labute approximate surface area is 54.8 Å². The molecule has 0 aliphatic rings. The van der Waals surface area contributed by atoms with Crippen molar-refractivity contribution in [1.82, 2.24) is 9.96 Å². The molecule has 2 N–H and O–H groups in total. The van der Waals surface area contributed by atoms with E-state index in [-0.39, 0.29) is 0 Å². The molecule has 0 spiro atoms. The molecule has 0 heterocycles. The van der Waals surface area contributed by atoms with Gasteiger partial charge in [0.2, 0.25) is 12.8 Å². The van der Waals surface area contributed by atoms with Gasteiger partial charge in [0, 0.05) is 0 Å². The average Bonchev–Trinajstić information content (AvgIpc) is 1.64. The van der Waals surface area contributed by atoms with Gasteiger partial charge in [0.05, 0.1) is 0 Å². The van der Waals surface area contributed by atoms with E-state index in [0.29, 0.717) is 12.8 Å². The van der Waals surface area contributed by atoms with Crippen LogP contribution in [-0.4, -0.2) is 21.2 Å². The highest BCUT2D eigenvalue weighted by Gasteiger charge is 2.18. The Hall–Kier alpha value is -0.843. The molecule has 0 radical (unpaired) electrons. The van der Waals surface area contributed by atoms with Crippen LogP contribution in [0.5, 0.6) is 0 Å². The highest BCUT2D eigenvalue weighted by molar-refractivity contribution is 6.75. The fourth-order valence-corrected chi connectivity index (χ4v) is 1.01. The Morgan fingerprint density at radius 3 is 1.67 bits per heavy atom. The van der Waals surface area contributed by atoms with E-state index in [1.54, 1.807) is 0 Å². The van der Waals surface area contributed by atoms with Crippen LogP contribution < -0.4 is 9.96 Å². The van der Waals surface area contributed by atoms with Gasteiger partial charge in [-0.25, -0.2) is 0 Å². The molecule has 5 heteroatoms. The molecule has 0 aliphatic carbocycles. The van der Waals surface area contributed by atoms with Crippen molar-refractivity contribution in [3.8, 4) is 0 Å². The van der Waals surface area contributed by atoms with Crippen LogP contribution in [0.4, 0.5) is 0 Å². The van der Waals surface area contributed by atoms with Crippen LogP contribution in [0.15, 0.2) is 0 Å². The molecule has 0 saturated heterocycles. The maximum absolute atomic E-state index is 9.86. The Bertz CT molecular complexity index is 103. The lowest BCUT2D eigenvalue weighted by molar-refractivity contribution is -0.108. The van der Waals surface area contributed by atoms with Gasteiger partial charge in [-0.2, -0.15) is 0 Å². The Kier molecular flexibility index (Phi) is 2.93. The summed E-state index contributed by atoms with van der Waals surface area (Å²) < 4.78 is 0. The smallest absolute Gasteiger partial charge is 0.256 e. The van der Waals surface area contributed by atoms with Gasteiger partial charge in [-0.05, 0) is 13.1 Å². The number of hydrogen-bond acceptors (Lipinski definition) is 2. The summed E-state index contributed by atoms with van der Waals surface area (Å²) in [6.07, 6.45) is 1.20. The zero-order chi connectivity index (χ0) is 7.33. The predicted molar refractivity (Wildman–Crippen MR) is 35.9 cm³/mol. The molecule has 0 atom stereocenters. The quantitative estimate of drug-likeness (QED) is 0.402. The van der Waals surface area contributed by atoms with E-state index < -0.39 is 8.40 Å². The van der Waals surface area contributed by atoms with Crippen molar-refractivity contribution in [3.05, 3.63) is 0 Å². The summed E-state index contributed by atoms with van der Waals surface area (Å²) in [5.74, 6) is 0. The number of carbonyl (C=O) groups is 2. The second-order valence-electron chi connectivity index (χ2n) is 2.15.